The molecule has 4 amide bonds. The molecular weight excluding hydrogens is 390 g/mol. The normalized spacial score (nSPS) is 18.7. The Morgan fingerprint density at radius 3 is 2.77 bits per heavy atom. The van der Waals surface area contributed by atoms with E-state index in [4.69, 9.17) is 5.73 Å². The van der Waals surface area contributed by atoms with Gasteiger partial charge in [-0.25, -0.2) is 0 Å². The number of nitrogens with two attached hydrogens (primary N) is 1. The van der Waals surface area contributed by atoms with E-state index in [2.05, 4.69) is 20.9 Å². The van der Waals surface area contributed by atoms with Crippen molar-refractivity contribution >= 4 is 23.6 Å². The molecule has 1 aromatic heterocycles. The topological polar surface area (TPSA) is 152 Å². The molecule has 0 aliphatic carbocycles. The van der Waals surface area contributed by atoms with Crippen LogP contribution in [0.25, 0.3) is 0 Å². The quantitative estimate of drug-likeness (QED) is 0.385. The lowest BCUT2D eigenvalue weighted by Gasteiger charge is -2.27. The first kappa shape index (κ1) is 19.9. The second-order valence-corrected chi connectivity index (χ2v) is 7.14. The predicted molar refractivity (Wildman–Crippen MR) is 103 cm³/mol. The second-order valence-electron chi connectivity index (χ2n) is 7.14. The van der Waals surface area contributed by atoms with Gasteiger partial charge in [-0.15, -0.1) is 5.10 Å². The molecule has 2 aromatic rings. The molecule has 1 atom stereocenters. The van der Waals surface area contributed by atoms with Crippen LogP contribution in [0, 0.1) is 0 Å². The van der Waals surface area contributed by atoms with Gasteiger partial charge in [-0.3, -0.25) is 34.1 Å². The predicted octanol–water partition coefficient (Wildman–Crippen LogP) is -1.07. The van der Waals surface area contributed by atoms with Crippen molar-refractivity contribution in [2.24, 2.45) is 5.73 Å². The van der Waals surface area contributed by atoms with Gasteiger partial charge >= 0.3 is 0 Å². The van der Waals surface area contributed by atoms with Crippen LogP contribution in [-0.4, -0.2) is 56.1 Å². The first-order valence-corrected chi connectivity index (χ1v) is 9.63. The summed E-state index contributed by atoms with van der Waals surface area (Å²) in [5, 5.41) is 13.3. The van der Waals surface area contributed by atoms with Crippen molar-refractivity contribution in [3.63, 3.8) is 0 Å². The SMILES string of the molecule is NCc1cn(CCNCc2cccc3c2C(=O)N(C2CCC(=O)NC2=O)C3=O)nn1. The van der Waals surface area contributed by atoms with Gasteiger partial charge in [0.2, 0.25) is 11.8 Å². The summed E-state index contributed by atoms with van der Waals surface area (Å²) in [6.07, 6.45) is 1.99. The average Bonchev–Trinajstić information content (AvgIpc) is 3.29. The molecule has 1 aromatic carbocycles. The van der Waals surface area contributed by atoms with Crippen LogP contribution >= 0.6 is 0 Å². The Bertz CT molecular complexity index is 1030. The highest BCUT2D eigenvalue weighted by Crippen LogP contribution is 2.29. The van der Waals surface area contributed by atoms with Crippen molar-refractivity contribution in [1.82, 2.24) is 30.5 Å². The maximum Gasteiger partial charge on any atom is 0.262 e. The van der Waals surface area contributed by atoms with E-state index in [1.165, 1.54) is 0 Å². The lowest BCUT2D eigenvalue weighted by atomic mass is 10.0. The summed E-state index contributed by atoms with van der Waals surface area (Å²) in [4.78, 5) is 50.4. The molecule has 1 saturated heterocycles. The van der Waals surface area contributed by atoms with E-state index in [1.54, 1.807) is 29.1 Å². The van der Waals surface area contributed by atoms with Gasteiger partial charge in [-0.2, -0.15) is 0 Å². The molecule has 11 heteroatoms. The molecule has 2 aliphatic rings. The van der Waals surface area contributed by atoms with Gasteiger partial charge in [-0.05, 0) is 18.1 Å². The fourth-order valence-electron chi connectivity index (χ4n) is 3.69. The average molecular weight is 411 g/mol. The fraction of sp³-hybridized carbons (Fsp3) is 0.368. The summed E-state index contributed by atoms with van der Waals surface area (Å²) in [5.74, 6) is -2.04. The van der Waals surface area contributed by atoms with Crippen LogP contribution in [0.1, 0.15) is 44.8 Å². The molecule has 1 unspecified atom stereocenters. The van der Waals surface area contributed by atoms with Crippen LogP contribution < -0.4 is 16.4 Å². The van der Waals surface area contributed by atoms with E-state index in [9.17, 15) is 19.2 Å². The first-order valence-electron chi connectivity index (χ1n) is 9.63. The van der Waals surface area contributed by atoms with E-state index < -0.39 is 29.7 Å². The molecule has 0 saturated carbocycles. The Morgan fingerprint density at radius 1 is 1.20 bits per heavy atom. The Kier molecular flexibility index (Phi) is 5.38. The number of amides is 4. The van der Waals surface area contributed by atoms with Gasteiger partial charge in [0, 0.05) is 32.3 Å². The molecule has 1 fully saturated rings. The van der Waals surface area contributed by atoms with Crippen molar-refractivity contribution in [3.05, 3.63) is 46.8 Å². The monoisotopic (exact) mass is 411 g/mol. The number of imide groups is 2. The van der Waals surface area contributed by atoms with Crippen LogP contribution in [-0.2, 0) is 29.2 Å². The van der Waals surface area contributed by atoms with Crippen molar-refractivity contribution < 1.29 is 19.2 Å². The third-order valence-corrected chi connectivity index (χ3v) is 5.18. The zero-order valence-electron chi connectivity index (χ0n) is 16.1. The summed E-state index contributed by atoms with van der Waals surface area (Å²) in [5.41, 5.74) is 7.45. The summed E-state index contributed by atoms with van der Waals surface area (Å²) in [6, 6.07) is 4.08. The maximum atomic E-state index is 13.0. The van der Waals surface area contributed by atoms with Gasteiger partial charge in [0.05, 0.1) is 23.4 Å². The van der Waals surface area contributed by atoms with Crippen molar-refractivity contribution in [1.29, 1.82) is 0 Å². The number of aromatic nitrogens is 3. The zero-order valence-corrected chi connectivity index (χ0v) is 16.1. The first-order chi connectivity index (χ1) is 14.5. The molecule has 0 bridgehead atoms. The molecule has 3 heterocycles. The van der Waals surface area contributed by atoms with Gasteiger partial charge < -0.3 is 11.1 Å². The minimum atomic E-state index is -0.972. The van der Waals surface area contributed by atoms with Crippen molar-refractivity contribution in [2.45, 2.75) is 38.5 Å². The molecule has 4 N–H and O–H groups in total. The molecule has 2 aliphatic heterocycles. The zero-order chi connectivity index (χ0) is 21.3. The number of fused-ring (bicyclic) bond motifs is 1. The number of rotatable bonds is 7. The van der Waals surface area contributed by atoms with Crippen LogP contribution in [0.5, 0.6) is 0 Å². The highest BCUT2D eigenvalue weighted by atomic mass is 16.2. The van der Waals surface area contributed by atoms with E-state index >= 15 is 0 Å². The lowest BCUT2D eigenvalue weighted by Crippen LogP contribution is -2.54. The third kappa shape index (κ3) is 3.60. The van der Waals surface area contributed by atoms with E-state index in [-0.39, 0.29) is 18.4 Å². The van der Waals surface area contributed by atoms with Gasteiger partial charge in [-0.1, -0.05) is 17.3 Å². The Morgan fingerprint density at radius 2 is 2.03 bits per heavy atom. The Labute approximate surface area is 171 Å². The molecule has 0 radical (unpaired) electrons. The lowest BCUT2D eigenvalue weighted by molar-refractivity contribution is -0.136. The van der Waals surface area contributed by atoms with Gasteiger partial charge in [0.15, 0.2) is 0 Å². The Balaban J connectivity index is 1.45. The van der Waals surface area contributed by atoms with Gasteiger partial charge in [0.1, 0.15) is 6.04 Å². The summed E-state index contributed by atoms with van der Waals surface area (Å²) in [7, 11) is 0. The number of benzene rings is 1. The number of carbonyl (C=O) groups is 4. The largest absolute Gasteiger partial charge is 0.325 e. The number of hydrogen-bond donors (Lipinski definition) is 3. The van der Waals surface area contributed by atoms with Crippen molar-refractivity contribution in [3.8, 4) is 0 Å². The number of nitrogens with zero attached hydrogens (tertiary/aromatic N) is 4. The molecule has 11 nitrogen and oxygen atoms in total. The minimum Gasteiger partial charge on any atom is -0.325 e. The molecule has 30 heavy (non-hydrogen) atoms. The van der Waals surface area contributed by atoms with E-state index in [1.807, 2.05) is 0 Å². The smallest absolute Gasteiger partial charge is 0.262 e. The van der Waals surface area contributed by atoms with E-state index in [0.717, 1.165) is 4.90 Å². The van der Waals surface area contributed by atoms with Gasteiger partial charge in [0.25, 0.3) is 11.8 Å². The molecule has 4 rings (SSSR count). The molecule has 156 valence electrons. The maximum absolute atomic E-state index is 13.0. The van der Waals surface area contributed by atoms with Crippen molar-refractivity contribution in [2.75, 3.05) is 6.54 Å². The summed E-state index contributed by atoms with van der Waals surface area (Å²) in [6.45, 7) is 1.82. The molecular formula is C19H21N7O4. The minimum absolute atomic E-state index is 0.0897. The van der Waals surface area contributed by atoms with E-state index in [0.29, 0.717) is 43.0 Å². The number of hydrogen-bond acceptors (Lipinski definition) is 8. The van der Waals surface area contributed by atoms with Crippen LogP contribution in [0.2, 0.25) is 0 Å². The fourth-order valence-corrected chi connectivity index (χ4v) is 3.69. The summed E-state index contributed by atoms with van der Waals surface area (Å²) < 4.78 is 1.67. The van der Waals surface area contributed by atoms with Crippen LogP contribution in [0.15, 0.2) is 24.4 Å². The summed E-state index contributed by atoms with van der Waals surface area (Å²) >= 11 is 0. The van der Waals surface area contributed by atoms with Crippen LogP contribution in [0.3, 0.4) is 0 Å². The number of piperidine rings is 1. The highest BCUT2D eigenvalue weighted by Gasteiger charge is 2.45. The standard InChI is InChI=1S/C19H21N7O4/c20-8-12-10-25(24-23-12)7-6-21-9-11-2-1-3-13-16(11)19(30)26(18(13)29)14-4-5-15(27)22-17(14)28/h1-3,10,14,21H,4-9,20H2,(H,22,27,28). The third-order valence-electron chi connectivity index (χ3n) is 5.18. The highest BCUT2D eigenvalue weighted by molar-refractivity contribution is 6.24. The number of carbonyl (C=O) groups excluding carboxylic acids is 4. The molecule has 0 spiro atoms. The Hall–Kier alpha value is -3.44. The second kappa shape index (κ2) is 8.13. The number of nitrogens with one attached hydrogen (secondary N) is 2. The van der Waals surface area contributed by atoms with Crippen LogP contribution in [0.4, 0.5) is 0 Å².